The van der Waals surface area contributed by atoms with Crippen LogP contribution in [0.25, 0.3) is 5.76 Å². The highest BCUT2D eigenvalue weighted by atomic mass is 16.6. The minimum Gasteiger partial charge on any atom is -0.507 e. The highest BCUT2D eigenvalue weighted by Gasteiger charge is 2.47. The number of carbonyl (C=O) groups excluding carboxylic acids is 2. The summed E-state index contributed by atoms with van der Waals surface area (Å²) in [6.07, 6.45) is -0.0162. The largest absolute Gasteiger partial charge is 0.507 e. The van der Waals surface area contributed by atoms with Crippen molar-refractivity contribution in [1.29, 1.82) is 0 Å². The van der Waals surface area contributed by atoms with Crippen LogP contribution in [0.5, 0.6) is 23.0 Å². The molecule has 1 unspecified atom stereocenters. The van der Waals surface area contributed by atoms with Crippen molar-refractivity contribution in [3.8, 4) is 23.0 Å². The van der Waals surface area contributed by atoms with E-state index in [1.807, 2.05) is 20.8 Å². The van der Waals surface area contributed by atoms with Crippen LogP contribution in [0.3, 0.4) is 0 Å². The Morgan fingerprint density at radius 1 is 1.00 bits per heavy atom. The molecule has 2 aliphatic heterocycles. The lowest BCUT2D eigenvalue weighted by Gasteiger charge is -2.27. The molecule has 1 amide bonds. The van der Waals surface area contributed by atoms with Crippen LogP contribution in [-0.4, -0.2) is 43.2 Å². The van der Waals surface area contributed by atoms with Crippen LogP contribution in [-0.2, 0) is 9.59 Å². The number of aliphatic hydroxyl groups is 1. The number of carbonyl (C=O) groups is 2. The minimum absolute atomic E-state index is 0.0162. The number of anilines is 1. The zero-order valence-electron chi connectivity index (χ0n) is 21.7. The summed E-state index contributed by atoms with van der Waals surface area (Å²) in [5, 5.41) is 11.5. The van der Waals surface area contributed by atoms with Gasteiger partial charge in [-0.05, 0) is 74.4 Å². The normalized spacial score (nSPS) is 18.1. The third-order valence-electron chi connectivity index (χ3n) is 6.47. The van der Waals surface area contributed by atoms with E-state index in [0.29, 0.717) is 53.0 Å². The number of ether oxygens (including phenoxy) is 4. The van der Waals surface area contributed by atoms with Crippen molar-refractivity contribution in [3.05, 3.63) is 82.9 Å². The summed E-state index contributed by atoms with van der Waals surface area (Å²) in [6.45, 7) is 6.54. The molecular weight excluding hydrogens is 486 g/mol. The van der Waals surface area contributed by atoms with Crippen molar-refractivity contribution in [3.63, 3.8) is 0 Å². The molecule has 1 saturated heterocycles. The first-order valence-electron chi connectivity index (χ1n) is 12.4. The molecule has 3 aromatic rings. The fraction of sp³-hybridized carbons (Fsp3) is 0.267. The molecule has 0 bridgehead atoms. The summed E-state index contributed by atoms with van der Waals surface area (Å²) in [5.41, 5.74) is 2.24. The fourth-order valence-corrected chi connectivity index (χ4v) is 4.75. The van der Waals surface area contributed by atoms with Crippen molar-refractivity contribution in [2.75, 3.05) is 25.2 Å². The summed E-state index contributed by atoms with van der Waals surface area (Å²) in [7, 11) is 1.54. The van der Waals surface area contributed by atoms with Gasteiger partial charge in [0.05, 0.1) is 24.8 Å². The summed E-state index contributed by atoms with van der Waals surface area (Å²) in [6, 6.07) is 16.5. The van der Waals surface area contributed by atoms with Crippen LogP contribution in [0.2, 0.25) is 0 Å². The number of fused-ring (bicyclic) bond motifs is 1. The highest BCUT2D eigenvalue weighted by molar-refractivity contribution is 6.51. The van der Waals surface area contributed by atoms with Crippen LogP contribution in [0.15, 0.2) is 66.2 Å². The van der Waals surface area contributed by atoms with Crippen LogP contribution in [0, 0.1) is 6.92 Å². The van der Waals surface area contributed by atoms with Crippen LogP contribution in [0.4, 0.5) is 5.69 Å². The molecule has 8 nitrogen and oxygen atoms in total. The smallest absolute Gasteiger partial charge is 0.300 e. The Kier molecular flexibility index (Phi) is 6.72. The van der Waals surface area contributed by atoms with E-state index < -0.39 is 17.7 Å². The molecule has 0 aliphatic carbocycles. The Morgan fingerprint density at radius 2 is 1.76 bits per heavy atom. The van der Waals surface area contributed by atoms with Gasteiger partial charge in [0.2, 0.25) is 0 Å². The molecule has 2 aliphatic rings. The minimum atomic E-state index is -0.903. The number of Topliss-reactive ketones (excluding diaryl/α,β-unsaturated/α-hetero) is 1. The first kappa shape index (κ1) is 25.2. The van der Waals surface area contributed by atoms with Gasteiger partial charge < -0.3 is 24.1 Å². The van der Waals surface area contributed by atoms with E-state index in [4.69, 9.17) is 18.9 Å². The zero-order valence-corrected chi connectivity index (χ0v) is 21.7. The maximum atomic E-state index is 13.5. The van der Waals surface area contributed by atoms with E-state index >= 15 is 0 Å². The van der Waals surface area contributed by atoms with E-state index in [1.54, 1.807) is 67.8 Å². The van der Waals surface area contributed by atoms with Gasteiger partial charge in [0, 0.05) is 17.3 Å². The molecule has 1 fully saturated rings. The van der Waals surface area contributed by atoms with E-state index in [9.17, 15) is 14.7 Å². The molecule has 196 valence electrons. The van der Waals surface area contributed by atoms with Crippen LogP contribution in [0.1, 0.15) is 36.6 Å². The molecule has 0 radical (unpaired) electrons. The molecule has 0 saturated carbocycles. The molecular formula is C30H29NO7. The Bertz CT molecular complexity index is 1440. The first-order chi connectivity index (χ1) is 18.3. The van der Waals surface area contributed by atoms with E-state index in [2.05, 4.69) is 0 Å². The maximum Gasteiger partial charge on any atom is 0.300 e. The molecule has 38 heavy (non-hydrogen) atoms. The van der Waals surface area contributed by atoms with Crippen LogP contribution >= 0.6 is 0 Å². The molecule has 2 heterocycles. The number of aryl methyl sites for hydroxylation is 1. The standard InChI is InChI=1S/C30H29NO7/c1-17(2)38-23-10-8-20(14-18(23)3)28(32)26-27(19-6-5-7-22(15-19)35-4)31(30(34)29(26)33)21-9-11-24-25(16-21)37-13-12-36-24/h5-11,14-17,27,32H,12-13H2,1-4H3/b28-26+. The van der Waals surface area contributed by atoms with Gasteiger partial charge in [-0.1, -0.05) is 12.1 Å². The number of amides is 1. The van der Waals surface area contributed by atoms with Crippen molar-refractivity contribution in [2.24, 2.45) is 0 Å². The lowest BCUT2D eigenvalue weighted by molar-refractivity contribution is -0.132. The average Bonchev–Trinajstić information content (AvgIpc) is 3.19. The second-order valence-electron chi connectivity index (χ2n) is 9.42. The van der Waals surface area contributed by atoms with Gasteiger partial charge in [-0.25, -0.2) is 0 Å². The number of hydrogen-bond donors (Lipinski definition) is 1. The number of methoxy groups -OCH3 is 1. The van der Waals surface area contributed by atoms with Gasteiger partial charge in [-0.3, -0.25) is 14.5 Å². The Balaban J connectivity index is 1.67. The molecule has 5 rings (SSSR count). The molecule has 1 atom stereocenters. The average molecular weight is 516 g/mol. The quantitative estimate of drug-likeness (QED) is 0.274. The fourth-order valence-electron chi connectivity index (χ4n) is 4.75. The van der Waals surface area contributed by atoms with Crippen molar-refractivity contribution >= 4 is 23.1 Å². The number of nitrogens with zero attached hydrogens (tertiary/aromatic N) is 1. The number of rotatable bonds is 6. The van der Waals surface area contributed by atoms with Gasteiger partial charge >= 0.3 is 0 Å². The second kappa shape index (κ2) is 10.1. The number of aliphatic hydroxyl groups excluding tert-OH is 1. The molecule has 0 aromatic heterocycles. The van der Waals surface area contributed by atoms with Crippen molar-refractivity contribution < 1.29 is 33.6 Å². The molecule has 3 aromatic carbocycles. The highest BCUT2D eigenvalue weighted by Crippen LogP contribution is 2.45. The first-order valence-corrected chi connectivity index (χ1v) is 12.4. The molecule has 8 heteroatoms. The Morgan fingerprint density at radius 3 is 2.47 bits per heavy atom. The third kappa shape index (κ3) is 4.53. The van der Waals surface area contributed by atoms with Gasteiger partial charge in [-0.15, -0.1) is 0 Å². The number of benzene rings is 3. The number of ketones is 1. The SMILES string of the molecule is COc1cccc(C2/C(=C(\O)c3ccc(OC(C)C)c(C)c3)C(=O)C(=O)N2c2ccc3c(c2)OCCO3)c1. The van der Waals surface area contributed by atoms with Crippen LogP contribution < -0.4 is 23.8 Å². The predicted octanol–water partition coefficient (Wildman–Crippen LogP) is 5.19. The summed E-state index contributed by atoms with van der Waals surface area (Å²) >= 11 is 0. The lowest BCUT2D eigenvalue weighted by atomic mass is 9.94. The van der Waals surface area contributed by atoms with Crippen molar-refractivity contribution in [1.82, 2.24) is 0 Å². The van der Waals surface area contributed by atoms with E-state index in [0.717, 1.165) is 5.56 Å². The van der Waals surface area contributed by atoms with Gasteiger partial charge in [0.1, 0.15) is 30.5 Å². The molecule has 1 N–H and O–H groups in total. The summed E-state index contributed by atoms with van der Waals surface area (Å²) in [4.78, 5) is 28.4. The topological polar surface area (TPSA) is 94.5 Å². The lowest BCUT2D eigenvalue weighted by Crippen LogP contribution is -2.29. The van der Waals surface area contributed by atoms with Gasteiger partial charge in [-0.2, -0.15) is 0 Å². The number of hydrogen-bond acceptors (Lipinski definition) is 7. The second-order valence-corrected chi connectivity index (χ2v) is 9.42. The van der Waals surface area contributed by atoms with Crippen molar-refractivity contribution in [2.45, 2.75) is 32.9 Å². The summed E-state index contributed by atoms with van der Waals surface area (Å²) in [5.74, 6) is 0.470. The van der Waals surface area contributed by atoms with Gasteiger partial charge in [0.15, 0.2) is 11.5 Å². The maximum absolute atomic E-state index is 13.5. The zero-order chi connectivity index (χ0) is 27.0. The van der Waals surface area contributed by atoms with Gasteiger partial charge in [0.25, 0.3) is 11.7 Å². The molecule has 0 spiro atoms. The summed E-state index contributed by atoms with van der Waals surface area (Å²) < 4.78 is 22.6. The van der Waals surface area contributed by atoms with E-state index in [1.165, 1.54) is 4.90 Å². The third-order valence-corrected chi connectivity index (χ3v) is 6.47. The van der Waals surface area contributed by atoms with E-state index in [-0.39, 0.29) is 17.4 Å². The predicted molar refractivity (Wildman–Crippen MR) is 142 cm³/mol. The monoisotopic (exact) mass is 515 g/mol. The Labute approximate surface area is 221 Å². The Hall–Kier alpha value is -4.46.